The van der Waals surface area contributed by atoms with Crippen LogP contribution < -0.4 is 5.32 Å². The lowest BCUT2D eigenvalue weighted by Gasteiger charge is -2.11. The van der Waals surface area contributed by atoms with Gasteiger partial charge in [-0.2, -0.15) is 5.10 Å². The predicted octanol–water partition coefficient (Wildman–Crippen LogP) is 2.31. The molecule has 1 aromatic heterocycles. The lowest BCUT2D eigenvalue weighted by Crippen LogP contribution is -2.28. The molecule has 23 heavy (non-hydrogen) atoms. The molecule has 1 aromatic carbocycles. The third-order valence-electron chi connectivity index (χ3n) is 3.69. The Balaban J connectivity index is 1.85. The second kappa shape index (κ2) is 7.12. The van der Waals surface area contributed by atoms with Gasteiger partial charge in [0.1, 0.15) is 11.9 Å². The number of ether oxygens (including phenoxy) is 1. The molecule has 1 aliphatic rings. The summed E-state index contributed by atoms with van der Waals surface area (Å²) in [6, 6.07) is 9.10. The third kappa shape index (κ3) is 3.72. The molecule has 1 saturated heterocycles. The van der Waals surface area contributed by atoms with Crippen LogP contribution in [-0.2, 0) is 16.1 Å². The van der Waals surface area contributed by atoms with Crippen LogP contribution in [0.2, 0.25) is 5.02 Å². The number of halogens is 1. The van der Waals surface area contributed by atoms with Crippen LogP contribution in [0.4, 0.5) is 5.82 Å². The van der Waals surface area contributed by atoms with Crippen molar-refractivity contribution >= 4 is 23.3 Å². The lowest BCUT2D eigenvalue weighted by molar-refractivity contribution is -0.124. The van der Waals surface area contributed by atoms with Gasteiger partial charge in [-0.25, -0.2) is 4.68 Å². The zero-order chi connectivity index (χ0) is 16.2. The van der Waals surface area contributed by atoms with Crippen molar-refractivity contribution in [3.05, 3.63) is 35.4 Å². The molecule has 7 heteroatoms. The number of hydrogen-bond donors (Lipinski definition) is 2. The number of rotatable bonds is 5. The van der Waals surface area contributed by atoms with Crippen molar-refractivity contribution in [1.82, 2.24) is 9.78 Å². The fourth-order valence-electron chi connectivity index (χ4n) is 2.56. The van der Waals surface area contributed by atoms with E-state index in [2.05, 4.69) is 10.4 Å². The number of hydrogen-bond acceptors (Lipinski definition) is 4. The maximum absolute atomic E-state index is 12.2. The summed E-state index contributed by atoms with van der Waals surface area (Å²) >= 11 is 6.01. The predicted molar refractivity (Wildman–Crippen MR) is 87.4 cm³/mol. The molecule has 3 rings (SSSR count). The standard InChI is InChI=1S/C16H18ClN3O3/c17-12-4-1-3-11(9-12)13-10-15(20(19-13)6-7-21)18-16(22)14-5-2-8-23-14/h1,3-4,9-10,14,21H,2,5-8H2,(H,18,22). The summed E-state index contributed by atoms with van der Waals surface area (Å²) in [6.45, 7) is 0.836. The van der Waals surface area contributed by atoms with Gasteiger partial charge in [-0.15, -0.1) is 0 Å². The first-order valence-corrected chi connectivity index (χ1v) is 7.92. The lowest BCUT2D eigenvalue weighted by atomic mass is 10.1. The Morgan fingerprint density at radius 1 is 1.48 bits per heavy atom. The van der Waals surface area contributed by atoms with Crippen LogP contribution in [0.3, 0.4) is 0 Å². The van der Waals surface area contributed by atoms with E-state index >= 15 is 0 Å². The molecule has 1 aliphatic heterocycles. The Morgan fingerprint density at radius 3 is 3.04 bits per heavy atom. The van der Waals surface area contributed by atoms with E-state index in [0.29, 0.717) is 29.7 Å². The summed E-state index contributed by atoms with van der Waals surface area (Å²) in [5.74, 6) is 0.355. The highest BCUT2D eigenvalue weighted by Gasteiger charge is 2.24. The highest BCUT2D eigenvalue weighted by molar-refractivity contribution is 6.30. The Bertz CT molecular complexity index is 696. The number of carbonyl (C=O) groups excluding carboxylic acids is 1. The molecular weight excluding hydrogens is 318 g/mol. The first kappa shape index (κ1) is 16.0. The topological polar surface area (TPSA) is 76.4 Å². The van der Waals surface area contributed by atoms with E-state index in [0.717, 1.165) is 18.4 Å². The molecule has 0 aliphatic carbocycles. The molecule has 2 heterocycles. The molecule has 1 amide bonds. The zero-order valence-corrected chi connectivity index (χ0v) is 13.3. The number of nitrogens with one attached hydrogen (secondary N) is 1. The normalized spacial score (nSPS) is 17.4. The van der Waals surface area contributed by atoms with Gasteiger partial charge in [-0.1, -0.05) is 23.7 Å². The molecule has 1 atom stereocenters. The van der Waals surface area contributed by atoms with Crippen molar-refractivity contribution in [2.75, 3.05) is 18.5 Å². The van der Waals surface area contributed by atoms with Crippen LogP contribution in [0.25, 0.3) is 11.3 Å². The van der Waals surface area contributed by atoms with Gasteiger partial charge in [-0.3, -0.25) is 4.79 Å². The van der Waals surface area contributed by atoms with Gasteiger partial charge in [0.05, 0.1) is 18.8 Å². The summed E-state index contributed by atoms with van der Waals surface area (Å²) in [5.41, 5.74) is 1.53. The maximum atomic E-state index is 12.2. The summed E-state index contributed by atoms with van der Waals surface area (Å²) in [5, 5.41) is 17.1. The van der Waals surface area contributed by atoms with Crippen molar-refractivity contribution in [3.63, 3.8) is 0 Å². The van der Waals surface area contributed by atoms with E-state index < -0.39 is 6.10 Å². The van der Waals surface area contributed by atoms with Crippen LogP contribution in [0, 0.1) is 0 Å². The van der Waals surface area contributed by atoms with E-state index in [1.165, 1.54) is 0 Å². The van der Waals surface area contributed by atoms with Crippen LogP contribution in [0.1, 0.15) is 12.8 Å². The molecule has 0 saturated carbocycles. The molecule has 2 N–H and O–H groups in total. The van der Waals surface area contributed by atoms with E-state index in [9.17, 15) is 9.90 Å². The van der Waals surface area contributed by atoms with Crippen molar-refractivity contribution in [2.24, 2.45) is 0 Å². The molecule has 1 fully saturated rings. The molecular formula is C16H18ClN3O3. The Labute approximate surface area is 139 Å². The zero-order valence-electron chi connectivity index (χ0n) is 12.5. The number of amides is 1. The summed E-state index contributed by atoms with van der Waals surface area (Å²) < 4.78 is 6.96. The largest absolute Gasteiger partial charge is 0.394 e. The number of aliphatic hydroxyl groups excluding tert-OH is 1. The maximum Gasteiger partial charge on any atom is 0.254 e. The first-order valence-electron chi connectivity index (χ1n) is 7.54. The fourth-order valence-corrected chi connectivity index (χ4v) is 2.75. The van der Waals surface area contributed by atoms with Crippen molar-refractivity contribution in [2.45, 2.75) is 25.5 Å². The molecule has 2 aromatic rings. The molecule has 122 valence electrons. The highest BCUT2D eigenvalue weighted by Crippen LogP contribution is 2.25. The van der Waals surface area contributed by atoms with Crippen LogP contribution in [0.5, 0.6) is 0 Å². The first-order chi connectivity index (χ1) is 11.2. The smallest absolute Gasteiger partial charge is 0.254 e. The average molecular weight is 336 g/mol. The molecule has 0 bridgehead atoms. The van der Waals surface area contributed by atoms with Gasteiger partial charge >= 0.3 is 0 Å². The third-order valence-corrected chi connectivity index (χ3v) is 3.92. The van der Waals surface area contributed by atoms with Crippen LogP contribution in [-0.4, -0.2) is 40.1 Å². The van der Waals surface area contributed by atoms with Gasteiger partial charge in [0, 0.05) is 23.3 Å². The van der Waals surface area contributed by atoms with Gasteiger partial charge in [-0.05, 0) is 25.0 Å². The van der Waals surface area contributed by atoms with E-state index in [1.807, 2.05) is 12.1 Å². The quantitative estimate of drug-likeness (QED) is 0.879. The summed E-state index contributed by atoms with van der Waals surface area (Å²) in [7, 11) is 0. The van der Waals surface area contributed by atoms with E-state index in [1.54, 1.807) is 22.9 Å². The summed E-state index contributed by atoms with van der Waals surface area (Å²) in [6.07, 6.45) is 1.20. The average Bonchev–Trinajstić information content (AvgIpc) is 3.18. The van der Waals surface area contributed by atoms with Crippen LogP contribution >= 0.6 is 11.6 Å². The second-order valence-electron chi connectivity index (χ2n) is 5.36. The fraction of sp³-hybridized carbons (Fsp3) is 0.375. The van der Waals surface area contributed by atoms with Crippen molar-refractivity contribution in [3.8, 4) is 11.3 Å². The number of anilines is 1. The number of carbonyl (C=O) groups is 1. The SMILES string of the molecule is O=C(Nc1cc(-c2cccc(Cl)c2)nn1CCO)C1CCCO1. The van der Waals surface area contributed by atoms with Crippen molar-refractivity contribution in [1.29, 1.82) is 0 Å². The van der Waals surface area contributed by atoms with Crippen LogP contribution in [0.15, 0.2) is 30.3 Å². The number of benzene rings is 1. The highest BCUT2D eigenvalue weighted by atomic mass is 35.5. The number of aromatic nitrogens is 2. The van der Waals surface area contributed by atoms with Gasteiger partial charge < -0.3 is 15.2 Å². The van der Waals surface area contributed by atoms with Gasteiger partial charge in [0.25, 0.3) is 5.91 Å². The molecule has 1 unspecified atom stereocenters. The van der Waals surface area contributed by atoms with E-state index in [-0.39, 0.29) is 12.5 Å². The molecule has 0 spiro atoms. The van der Waals surface area contributed by atoms with Crippen molar-refractivity contribution < 1.29 is 14.6 Å². The number of aliphatic hydroxyl groups is 1. The van der Waals surface area contributed by atoms with Gasteiger partial charge in [0.15, 0.2) is 0 Å². The minimum atomic E-state index is -0.415. The Hall–Kier alpha value is -1.89. The minimum Gasteiger partial charge on any atom is -0.394 e. The second-order valence-corrected chi connectivity index (χ2v) is 5.80. The molecule has 0 radical (unpaired) electrons. The van der Waals surface area contributed by atoms with Gasteiger partial charge in [0.2, 0.25) is 0 Å². The monoisotopic (exact) mass is 335 g/mol. The Kier molecular flexibility index (Phi) is 4.95. The summed E-state index contributed by atoms with van der Waals surface area (Å²) in [4.78, 5) is 12.2. The molecule has 6 nitrogen and oxygen atoms in total. The number of nitrogens with zero attached hydrogens (tertiary/aromatic N) is 2. The minimum absolute atomic E-state index is 0.0700. The van der Waals surface area contributed by atoms with E-state index in [4.69, 9.17) is 16.3 Å². The Morgan fingerprint density at radius 2 is 2.35 bits per heavy atom.